The molecule has 8 heteroatoms. The summed E-state index contributed by atoms with van der Waals surface area (Å²) in [5, 5.41) is 3.20. The Kier molecular flexibility index (Phi) is 5.84. The van der Waals surface area contributed by atoms with Crippen molar-refractivity contribution in [3.63, 3.8) is 0 Å². The number of thiophene rings is 1. The summed E-state index contributed by atoms with van der Waals surface area (Å²) in [4.78, 5) is 0.234. The lowest BCUT2D eigenvalue weighted by Gasteiger charge is -2.12. The van der Waals surface area contributed by atoms with Gasteiger partial charge in [0.15, 0.2) is 0 Å². The Balaban J connectivity index is 2.31. The molecule has 0 spiro atoms. The van der Waals surface area contributed by atoms with Crippen molar-refractivity contribution in [1.29, 1.82) is 0 Å². The Morgan fingerprint density at radius 1 is 1.24 bits per heavy atom. The van der Waals surface area contributed by atoms with Gasteiger partial charge >= 0.3 is 0 Å². The summed E-state index contributed by atoms with van der Waals surface area (Å²) in [7, 11) is -3.61. The molecule has 0 radical (unpaired) electrons. The molecule has 21 heavy (non-hydrogen) atoms. The topological polar surface area (TPSA) is 58.2 Å². The smallest absolute Gasteiger partial charge is 0.263 e. The molecule has 0 aliphatic heterocycles. The fourth-order valence-corrected chi connectivity index (χ4v) is 6.66. The summed E-state index contributed by atoms with van der Waals surface area (Å²) >= 11 is 7.91. The molecule has 0 bridgehead atoms. The average Bonchev–Trinajstić information content (AvgIpc) is 2.77. The van der Waals surface area contributed by atoms with Crippen molar-refractivity contribution in [3.05, 3.63) is 43.5 Å². The van der Waals surface area contributed by atoms with Gasteiger partial charge in [0.25, 0.3) is 10.0 Å². The van der Waals surface area contributed by atoms with E-state index in [1.54, 1.807) is 12.1 Å². The Labute approximate surface area is 145 Å². The summed E-state index contributed by atoms with van der Waals surface area (Å²) in [6, 6.07) is 8.95. The number of hydrogen-bond acceptors (Lipinski definition) is 4. The number of rotatable bonds is 6. The van der Waals surface area contributed by atoms with Crippen LogP contribution in [0.25, 0.3) is 0 Å². The van der Waals surface area contributed by atoms with Crippen molar-refractivity contribution >= 4 is 58.9 Å². The second kappa shape index (κ2) is 7.23. The molecule has 0 fully saturated rings. The number of anilines is 1. The van der Waals surface area contributed by atoms with Crippen LogP contribution in [-0.4, -0.2) is 15.0 Å². The molecule has 4 nitrogen and oxygen atoms in total. The largest absolute Gasteiger partial charge is 0.313 e. The standard InChI is InChI=1S/C13H14Br2N2O2S2/c1-2-16-8-9-5-3-4-6-10(9)17-21(18,19)11-7-12(14)20-13(11)15/h3-7,16-17H,2,8H2,1H3. The minimum Gasteiger partial charge on any atom is -0.313 e. The van der Waals surface area contributed by atoms with Crippen molar-refractivity contribution in [3.8, 4) is 0 Å². The molecular weight excluding hydrogens is 440 g/mol. The van der Waals surface area contributed by atoms with Gasteiger partial charge in [0.1, 0.15) is 4.90 Å². The fraction of sp³-hybridized carbons (Fsp3) is 0.231. The maximum atomic E-state index is 12.5. The summed E-state index contributed by atoms with van der Waals surface area (Å²) in [6.07, 6.45) is 0. The number of halogens is 2. The summed E-state index contributed by atoms with van der Waals surface area (Å²) in [5.74, 6) is 0. The molecule has 1 aromatic carbocycles. The lowest BCUT2D eigenvalue weighted by atomic mass is 10.2. The van der Waals surface area contributed by atoms with Crippen LogP contribution in [0.3, 0.4) is 0 Å². The third kappa shape index (κ3) is 4.29. The number of sulfonamides is 1. The zero-order chi connectivity index (χ0) is 15.5. The van der Waals surface area contributed by atoms with E-state index in [1.807, 2.05) is 25.1 Å². The third-order valence-corrected chi connectivity index (χ3v) is 6.86. The van der Waals surface area contributed by atoms with Crippen molar-refractivity contribution in [2.24, 2.45) is 0 Å². The molecule has 0 saturated carbocycles. The van der Waals surface area contributed by atoms with Gasteiger partial charge in [-0.25, -0.2) is 8.42 Å². The molecule has 0 atom stereocenters. The molecule has 1 aromatic heterocycles. The first-order valence-corrected chi connectivity index (χ1v) is 10.1. The highest BCUT2D eigenvalue weighted by Crippen LogP contribution is 2.35. The monoisotopic (exact) mass is 452 g/mol. The maximum Gasteiger partial charge on any atom is 0.263 e. The average molecular weight is 454 g/mol. The van der Waals surface area contributed by atoms with Crippen LogP contribution in [0.15, 0.2) is 42.8 Å². The second-order valence-electron chi connectivity index (χ2n) is 4.23. The molecule has 0 amide bonds. The van der Waals surface area contributed by atoms with Crippen LogP contribution in [0, 0.1) is 0 Å². The van der Waals surface area contributed by atoms with E-state index >= 15 is 0 Å². The van der Waals surface area contributed by atoms with E-state index in [-0.39, 0.29) is 4.90 Å². The van der Waals surface area contributed by atoms with E-state index < -0.39 is 10.0 Å². The van der Waals surface area contributed by atoms with E-state index in [0.717, 1.165) is 15.9 Å². The predicted molar refractivity (Wildman–Crippen MR) is 94.4 cm³/mol. The van der Waals surface area contributed by atoms with E-state index in [2.05, 4.69) is 41.9 Å². The van der Waals surface area contributed by atoms with Crippen LogP contribution in [0.4, 0.5) is 5.69 Å². The van der Waals surface area contributed by atoms with Gasteiger partial charge in [0.05, 0.1) is 13.3 Å². The van der Waals surface area contributed by atoms with Crippen LogP contribution in [0.1, 0.15) is 12.5 Å². The normalized spacial score (nSPS) is 11.6. The predicted octanol–water partition coefficient (Wildman–Crippen LogP) is 4.18. The Hall–Kier alpha value is -0.410. The van der Waals surface area contributed by atoms with Crippen LogP contribution in [-0.2, 0) is 16.6 Å². The SMILES string of the molecule is CCNCc1ccccc1NS(=O)(=O)c1cc(Br)sc1Br. The molecule has 0 saturated heterocycles. The molecule has 2 N–H and O–H groups in total. The quantitative estimate of drug-likeness (QED) is 0.689. The molecule has 1 heterocycles. The Bertz CT molecular complexity index is 730. The molecule has 0 aliphatic rings. The lowest BCUT2D eigenvalue weighted by Crippen LogP contribution is -2.17. The van der Waals surface area contributed by atoms with Crippen molar-refractivity contribution in [1.82, 2.24) is 5.32 Å². The first kappa shape index (κ1) is 17.0. The van der Waals surface area contributed by atoms with E-state index in [0.29, 0.717) is 16.0 Å². The summed E-state index contributed by atoms with van der Waals surface area (Å²) in [6.45, 7) is 3.45. The first-order valence-electron chi connectivity index (χ1n) is 6.20. The van der Waals surface area contributed by atoms with Crippen LogP contribution in [0.5, 0.6) is 0 Å². The van der Waals surface area contributed by atoms with Crippen molar-refractivity contribution < 1.29 is 8.42 Å². The molecule has 2 rings (SSSR count). The van der Waals surface area contributed by atoms with Gasteiger partial charge in [0.2, 0.25) is 0 Å². The van der Waals surface area contributed by atoms with Gasteiger partial charge in [-0.2, -0.15) is 0 Å². The molecule has 2 aromatic rings. The van der Waals surface area contributed by atoms with Gasteiger partial charge in [-0.1, -0.05) is 25.1 Å². The third-order valence-electron chi connectivity index (χ3n) is 2.74. The Morgan fingerprint density at radius 3 is 2.57 bits per heavy atom. The highest BCUT2D eigenvalue weighted by Gasteiger charge is 2.21. The zero-order valence-corrected chi connectivity index (χ0v) is 16.0. The molecule has 0 unspecified atom stereocenters. The van der Waals surface area contributed by atoms with Gasteiger partial charge in [-0.15, -0.1) is 11.3 Å². The highest BCUT2D eigenvalue weighted by atomic mass is 79.9. The van der Waals surface area contributed by atoms with E-state index in [9.17, 15) is 8.42 Å². The molecule has 0 aliphatic carbocycles. The minimum absolute atomic E-state index is 0.234. The van der Waals surface area contributed by atoms with Gasteiger partial charge in [0, 0.05) is 6.54 Å². The molecule has 114 valence electrons. The number of para-hydroxylation sites is 1. The van der Waals surface area contributed by atoms with Crippen LogP contribution >= 0.6 is 43.2 Å². The highest BCUT2D eigenvalue weighted by molar-refractivity contribution is 9.12. The van der Waals surface area contributed by atoms with Gasteiger partial charge < -0.3 is 5.32 Å². The van der Waals surface area contributed by atoms with Crippen LogP contribution in [0.2, 0.25) is 0 Å². The maximum absolute atomic E-state index is 12.5. The lowest BCUT2D eigenvalue weighted by molar-refractivity contribution is 0.601. The first-order chi connectivity index (χ1) is 9.94. The Morgan fingerprint density at radius 2 is 1.95 bits per heavy atom. The van der Waals surface area contributed by atoms with Gasteiger partial charge in [-0.05, 0) is 56.1 Å². The van der Waals surface area contributed by atoms with Crippen molar-refractivity contribution in [2.45, 2.75) is 18.4 Å². The second-order valence-corrected chi connectivity index (χ2v) is 9.63. The summed E-state index contributed by atoms with van der Waals surface area (Å²) < 4.78 is 29.0. The zero-order valence-electron chi connectivity index (χ0n) is 11.2. The minimum atomic E-state index is -3.61. The number of hydrogen-bond donors (Lipinski definition) is 2. The molecular formula is C13H14Br2N2O2S2. The van der Waals surface area contributed by atoms with Gasteiger partial charge in [-0.3, -0.25) is 4.72 Å². The van der Waals surface area contributed by atoms with Crippen molar-refractivity contribution in [2.75, 3.05) is 11.3 Å². The number of nitrogens with one attached hydrogen (secondary N) is 2. The fourth-order valence-electron chi connectivity index (χ4n) is 1.74. The number of benzene rings is 1. The van der Waals surface area contributed by atoms with E-state index in [1.165, 1.54) is 11.3 Å². The van der Waals surface area contributed by atoms with Crippen LogP contribution < -0.4 is 10.0 Å². The van der Waals surface area contributed by atoms with E-state index in [4.69, 9.17) is 0 Å². The summed E-state index contributed by atoms with van der Waals surface area (Å²) in [5.41, 5.74) is 1.50.